The highest BCUT2D eigenvalue weighted by molar-refractivity contribution is 5.63. The van der Waals surface area contributed by atoms with Gasteiger partial charge in [-0.2, -0.15) is 0 Å². The Bertz CT molecular complexity index is 1320. The SMILES string of the molecule is COc1ccc([C@@H]2C[C@@H](O)c3c(O[C@@H]4O[C@H](CO)[C@@H](O)[C@H](O)[C@H]4O)c(C)c(O[C@@H]4O[C@H](CO)[C@@H](O)[C@H](O)[C@H]4O)c(C)c3O2)cc1. The lowest BCUT2D eigenvalue weighted by Gasteiger charge is -2.42. The summed E-state index contributed by atoms with van der Waals surface area (Å²) in [7, 11) is 1.53. The molecule has 3 aliphatic rings. The second-order valence-electron chi connectivity index (χ2n) is 11.4. The molecule has 15 heteroatoms. The van der Waals surface area contributed by atoms with E-state index in [1.54, 1.807) is 31.2 Å². The fraction of sp³-hybridized carbons (Fsp3) is 0.600. The van der Waals surface area contributed by atoms with Crippen LogP contribution in [-0.4, -0.2) is 128 Å². The Morgan fingerprint density at radius 2 is 1.20 bits per heavy atom. The zero-order chi connectivity index (χ0) is 32.7. The molecule has 0 amide bonds. The van der Waals surface area contributed by atoms with E-state index in [9.17, 15) is 46.0 Å². The number of fused-ring (bicyclic) bond motifs is 1. The van der Waals surface area contributed by atoms with Crippen molar-refractivity contribution in [2.75, 3.05) is 20.3 Å². The van der Waals surface area contributed by atoms with Crippen LogP contribution in [0.5, 0.6) is 23.0 Å². The zero-order valence-electron chi connectivity index (χ0n) is 24.8. The minimum absolute atomic E-state index is 0.0141. The third-order valence-corrected chi connectivity index (χ3v) is 8.53. The lowest BCUT2D eigenvalue weighted by atomic mass is 9.90. The van der Waals surface area contributed by atoms with E-state index < -0.39 is 86.8 Å². The Labute approximate surface area is 258 Å². The van der Waals surface area contributed by atoms with E-state index in [0.29, 0.717) is 16.9 Å². The summed E-state index contributed by atoms with van der Waals surface area (Å²) >= 11 is 0. The third-order valence-electron chi connectivity index (χ3n) is 8.53. The number of methoxy groups -OCH3 is 1. The van der Waals surface area contributed by atoms with Gasteiger partial charge in [0.05, 0.1) is 32.0 Å². The van der Waals surface area contributed by atoms with Gasteiger partial charge in [0.25, 0.3) is 0 Å². The average Bonchev–Trinajstić information content (AvgIpc) is 3.04. The van der Waals surface area contributed by atoms with Crippen LogP contribution in [0.15, 0.2) is 24.3 Å². The second kappa shape index (κ2) is 13.5. The topological polar surface area (TPSA) is 237 Å². The van der Waals surface area contributed by atoms with E-state index in [4.69, 9.17) is 28.4 Å². The van der Waals surface area contributed by atoms with Crippen LogP contribution in [-0.2, 0) is 9.47 Å². The van der Waals surface area contributed by atoms with Crippen LogP contribution >= 0.6 is 0 Å². The van der Waals surface area contributed by atoms with Gasteiger partial charge in [0, 0.05) is 17.5 Å². The highest BCUT2D eigenvalue weighted by Gasteiger charge is 2.48. The van der Waals surface area contributed by atoms with Crippen molar-refractivity contribution in [3.8, 4) is 23.0 Å². The monoisotopic (exact) mass is 640 g/mol. The van der Waals surface area contributed by atoms with Crippen LogP contribution in [0.25, 0.3) is 0 Å². The number of ether oxygens (including phenoxy) is 6. The summed E-state index contributed by atoms with van der Waals surface area (Å²) in [6.45, 7) is 1.77. The first kappa shape index (κ1) is 33.6. The summed E-state index contributed by atoms with van der Waals surface area (Å²) in [5, 5.41) is 93.3. The molecule has 0 spiro atoms. The van der Waals surface area contributed by atoms with Gasteiger partial charge in [0.15, 0.2) is 0 Å². The number of benzene rings is 2. The normalized spacial score (nSPS) is 36.5. The molecule has 0 unspecified atom stereocenters. The molecule has 9 N–H and O–H groups in total. The molecule has 2 fully saturated rings. The van der Waals surface area contributed by atoms with Crippen LogP contribution < -0.4 is 18.9 Å². The summed E-state index contributed by atoms with van der Waals surface area (Å²) in [6.07, 6.45) is -17.8. The molecule has 0 saturated carbocycles. The highest BCUT2D eigenvalue weighted by atomic mass is 16.7. The minimum atomic E-state index is -1.78. The summed E-state index contributed by atoms with van der Waals surface area (Å²) < 4.78 is 34.8. The smallest absolute Gasteiger partial charge is 0.229 e. The van der Waals surface area contributed by atoms with Crippen molar-refractivity contribution in [3.05, 3.63) is 46.5 Å². The van der Waals surface area contributed by atoms with Crippen molar-refractivity contribution in [2.45, 2.75) is 93.9 Å². The van der Waals surface area contributed by atoms with Crippen molar-refractivity contribution >= 4 is 0 Å². The van der Waals surface area contributed by atoms with E-state index in [1.165, 1.54) is 14.0 Å². The lowest BCUT2D eigenvalue weighted by Crippen LogP contribution is -2.60. The van der Waals surface area contributed by atoms with E-state index in [-0.39, 0.29) is 34.8 Å². The first-order chi connectivity index (χ1) is 21.4. The van der Waals surface area contributed by atoms with Gasteiger partial charge in [-0.25, -0.2) is 0 Å². The van der Waals surface area contributed by atoms with Crippen molar-refractivity contribution < 1.29 is 74.4 Å². The Morgan fingerprint density at radius 3 is 1.69 bits per heavy atom. The first-order valence-electron chi connectivity index (χ1n) is 14.5. The Morgan fingerprint density at radius 1 is 0.689 bits per heavy atom. The van der Waals surface area contributed by atoms with Gasteiger partial charge in [-0.3, -0.25) is 0 Å². The van der Waals surface area contributed by atoms with Gasteiger partial charge in [-0.05, 0) is 31.5 Å². The van der Waals surface area contributed by atoms with E-state index in [1.807, 2.05) is 0 Å². The van der Waals surface area contributed by atoms with Gasteiger partial charge in [-0.1, -0.05) is 12.1 Å². The number of aliphatic hydroxyl groups excluding tert-OH is 9. The molecule has 3 aliphatic heterocycles. The molecule has 0 radical (unpaired) electrons. The molecule has 0 bridgehead atoms. The second-order valence-corrected chi connectivity index (χ2v) is 11.4. The van der Waals surface area contributed by atoms with Gasteiger partial charge < -0.3 is 74.4 Å². The maximum atomic E-state index is 11.5. The number of rotatable bonds is 8. The fourth-order valence-electron chi connectivity index (χ4n) is 5.87. The predicted molar refractivity (Wildman–Crippen MR) is 151 cm³/mol. The van der Waals surface area contributed by atoms with Gasteiger partial charge >= 0.3 is 0 Å². The summed E-state index contributed by atoms with van der Waals surface area (Å²) in [6, 6.07) is 7.04. The largest absolute Gasteiger partial charge is 0.497 e. The molecular formula is C30H40O15. The lowest BCUT2D eigenvalue weighted by molar-refractivity contribution is -0.279. The van der Waals surface area contributed by atoms with Gasteiger partial charge in [-0.15, -0.1) is 0 Å². The van der Waals surface area contributed by atoms with Crippen molar-refractivity contribution in [3.63, 3.8) is 0 Å². The van der Waals surface area contributed by atoms with Gasteiger partial charge in [0.2, 0.25) is 12.6 Å². The predicted octanol–water partition coefficient (Wildman–Crippen LogP) is -1.77. The molecule has 15 nitrogen and oxygen atoms in total. The molecule has 2 aromatic rings. The number of hydrogen-bond acceptors (Lipinski definition) is 15. The third kappa shape index (κ3) is 6.18. The minimum Gasteiger partial charge on any atom is -0.497 e. The molecule has 5 rings (SSSR count). The van der Waals surface area contributed by atoms with Crippen molar-refractivity contribution in [1.82, 2.24) is 0 Å². The van der Waals surface area contributed by atoms with Crippen LogP contribution in [0.1, 0.15) is 40.9 Å². The van der Waals surface area contributed by atoms with Crippen molar-refractivity contribution in [1.29, 1.82) is 0 Å². The molecule has 45 heavy (non-hydrogen) atoms. The average molecular weight is 641 g/mol. The van der Waals surface area contributed by atoms with Crippen LogP contribution in [0, 0.1) is 13.8 Å². The van der Waals surface area contributed by atoms with E-state index in [0.717, 1.165) is 0 Å². The standard InChI is InChI=1S/C30H40O15/c1-11-26(44-29-24(38)22(36)20(34)17(9-31)42-29)12(2)28(45-30-25(39)23(37)21(35)18(10-32)43-30)19-15(33)8-16(41-27(11)19)13-4-6-14(40-3)7-5-13/h4-7,15-18,20-25,29-39H,8-10H2,1-3H3/t15-,16+,17-,18-,20-,21-,22+,23+,24-,25-,29+,30+/m1/s1. The quantitative estimate of drug-likeness (QED) is 0.155. The Balaban J connectivity index is 1.58. The Hall–Kier alpha value is -2.80. The highest BCUT2D eigenvalue weighted by Crippen LogP contribution is 2.53. The molecule has 2 aromatic carbocycles. The number of hydrogen-bond donors (Lipinski definition) is 9. The summed E-state index contributed by atoms with van der Waals surface area (Å²) in [5.41, 5.74) is 1.41. The molecule has 12 atom stereocenters. The Kier molecular flexibility index (Phi) is 10.1. The van der Waals surface area contributed by atoms with Crippen molar-refractivity contribution in [2.24, 2.45) is 0 Å². The molecule has 3 heterocycles. The molecule has 0 aromatic heterocycles. The number of aliphatic hydroxyl groups is 9. The molecule has 2 saturated heterocycles. The van der Waals surface area contributed by atoms with E-state index >= 15 is 0 Å². The molecule has 0 aliphatic carbocycles. The molecule has 250 valence electrons. The molecular weight excluding hydrogens is 600 g/mol. The zero-order valence-corrected chi connectivity index (χ0v) is 24.8. The summed E-state index contributed by atoms with van der Waals surface area (Å²) in [4.78, 5) is 0. The summed E-state index contributed by atoms with van der Waals surface area (Å²) in [5.74, 6) is 0.674. The van der Waals surface area contributed by atoms with Gasteiger partial charge in [0.1, 0.15) is 77.9 Å². The van der Waals surface area contributed by atoms with Crippen LogP contribution in [0.3, 0.4) is 0 Å². The van der Waals surface area contributed by atoms with Crippen LogP contribution in [0.4, 0.5) is 0 Å². The first-order valence-corrected chi connectivity index (χ1v) is 14.5. The maximum absolute atomic E-state index is 11.5. The van der Waals surface area contributed by atoms with E-state index in [2.05, 4.69) is 0 Å². The van der Waals surface area contributed by atoms with Crippen LogP contribution in [0.2, 0.25) is 0 Å². The maximum Gasteiger partial charge on any atom is 0.229 e. The fourth-order valence-corrected chi connectivity index (χ4v) is 5.87.